The molecule has 0 radical (unpaired) electrons. The zero-order valence-electron chi connectivity index (χ0n) is 11.8. The second-order valence-electron chi connectivity index (χ2n) is 4.51. The molecule has 0 spiro atoms. The Morgan fingerprint density at radius 2 is 1.82 bits per heavy atom. The van der Waals surface area contributed by atoms with Gasteiger partial charge in [-0.1, -0.05) is 24.3 Å². The predicted molar refractivity (Wildman–Crippen MR) is 86.3 cm³/mol. The van der Waals surface area contributed by atoms with E-state index in [1.165, 1.54) is 12.1 Å². The van der Waals surface area contributed by atoms with Crippen molar-refractivity contribution in [2.75, 3.05) is 13.2 Å². The summed E-state index contributed by atoms with van der Waals surface area (Å²) in [5.41, 5.74) is 0.834. The van der Waals surface area contributed by atoms with Crippen LogP contribution in [0.2, 0.25) is 0 Å². The molecule has 0 aliphatic heterocycles. The van der Waals surface area contributed by atoms with E-state index in [0.29, 0.717) is 19.7 Å². The van der Waals surface area contributed by atoms with Gasteiger partial charge in [-0.15, -0.1) is 0 Å². The van der Waals surface area contributed by atoms with E-state index in [0.717, 1.165) is 15.8 Å². The van der Waals surface area contributed by atoms with Crippen LogP contribution in [0.3, 0.4) is 0 Å². The average molecular weight is 367 g/mol. The van der Waals surface area contributed by atoms with Crippen LogP contribution in [0.5, 0.6) is 5.75 Å². The molecule has 2 N–H and O–H groups in total. The molecule has 0 bridgehead atoms. The molecule has 0 fully saturated rings. The maximum atomic E-state index is 12.7. The van der Waals surface area contributed by atoms with Gasteiger partial charge in [0.05, 0.1) is 11.0 Å². The number of rotatable bonds is 6. The lowest BCUT2D eigenvalue weighted by Gasteiger charge is -2.10. The molecule has 6 heteroatoms. The van der Waals surface area contributed by atoms with Crippen LogP contribution < -0.4 is 15.4 Å². The van der Waals surface area contributed by atoms with Crippen molar-refractivity contribution in [1.82, 2.24) is 10.6 Å². The smallest absolute Gasteiger partial charge is 0.315 e. The van der Waals surface area contributed by atoms with Crippen LogP contribution in [0, 0.1) is 5.82 Å². The lowest BCUT2D eigenvalue weighted by molar-refractivity contribution is 0.236. The van der Waals surface area contributed by atoms with Crippen LogP contribution in [-0.2, 0) is 6.54 Å². The summed E-state index contributed by atoms with van der Waals surface area (Å²) in [6, 6.07) is 13.2. The van der Waals surface area contributed by atoms with E-state index in [1.54, 1.807) is 12.1 Å². The molecule has 0 saturated heterocycles. The minimum atomic E-state index is -0.294. The van der Waals surface area contributed by atoms with Gasteiger partial charge in [0, 0.05) is 6.54 Å². The summed E-state index contributed by atoms with van der Waals surface area (Å²) < 4.78 is 19.1. The second-order valence-corrected chi connectivity index (χ2v) is 5.37. The van der Waals surface area contributed by atoms with Crippen molar-refractivity contribution in [3.05, 3.63) is 64.4 Å². The average Bonchev–Trinajstić information content (AvgIpc) is 2.52. The zero-order valence-corrected chi connectivity index (χ0v) is 13.4. The molecule has 0 aliphatic carbocycles. The van der Waals surface area contributed by atoms with Crippen LogP contribution in [0.25, 0.3) is 0 Å². The largest absolute Gasteiger partial charge is 0.491 e. The Hall–Kier alpha value is -2.08. The van der Waals surface area contributed by atoms with Gasteiger partial charge in [-0.25, -0.2) is 9.18 Å². The van der Waals surface area contributed by atoms with Gasteiger partial charge >= 0.3 is 6.03 Å². The third-order valence-electron chi connectivity index (χ3n) is 2.85. The summed E-state index contributed by atoms with van der Waals surface area (Å²) in [7, 11) is 0. The number of hydrogen-bond acceptors (Lipinski definition) is 2. The molecule has 4 nitrogen and oxygen atoms in total. The summed E-state index contributed by atoms with van der Waals surface area (Å²) in [6.07, 6.45) is 0. The minimum Gasteiger partial charge on any atom is -0.491 e. The van der Waals surface area contributed by atoms with Crippen molar-refractivity contribution in [3.63, 3.8) is 0 Å². The molecule has 0 aromatic heterocycles. The van der Waals surface area contributed by atoms with Gasteiger partial charge in [0.2, 0.25) is 0 Å². The molecule has 2 aromatic rings. The first-order valence-corrected chi connectivity index (χ1v) is 7.58. The van der Waals surface area contributed by atoms with E-state index >= 15 is 0 Å². The maximum Gasteiger partial charge on any atom is 0.315 e. The number of nitrogens with one attached hydrogen (secondary N) is 2. The topological polar surface area (TPSA) is 50.4 Å². The number of halogens is 2. The Morgan fingerprint density at radius 3 is 2.55 bits per heavy atom. The Morgan fingerprint density at radius 1 is 1.09 bits per heavy atom. The minimum absolute atomic E-state index is 0.292. The highest BCUT2D eigenvalue weighted by atomic mass is 79.9. The lowest BCUT2D eigenvalue weighted by atomic mass is 10.2. The normalized spacial score (nSPS) is 10.1. The van der Waals surface area contributed by atoms with Crippen molar-refractivity contribution >= 4 is 22.0 Å². The fourth-order valence-electron chi connectivity index (χ4n) is 1.73. The van der Waals surface area contributed by atoms with Crippen LogP contribution in [0.1, 0.15) is 5.56 Å². The van der Waals surface area contributed by atoms with E-state index in [1.807, 2.05) is 24.3 Å². The summed E-state index contributed by atoms with van der Waals surface area (Å²) in [5.74, 6) is 0.438. The Balaban J connectivity index is 1.64. The number of urea groups is 1. The van der Waals surface area contributed by atoms with Crippen molar-refractivity contribution in [3.8, 4) is 5.75 Å². The molecular weight excluding hydrogens is 351 g/mol. The van der Waals surface area contributed by atoms with E-state index in [9.17, 15) is 9.18 Å². The summed E-state index contributed by atoms with van der Waals surface area (Å²) in [6.45, 7) is 1.10. The molecular formula is C16H16BrFN2O2. The Bertz CT molecular complexity index is 620. The molecule has 2 rings (SSSR count). The van der Waals surface area contributed by atoms with Crippen molar-refractivity contribution in [2.45, 2.75) is 6.54 Å². The van der Waals surface area contributed by atoms with Crippen LogP contribution in [0.4, 0.5) is 9.18 Å². The molecule has 2 amide bonds. The van der Waals surface area contributed by atoms with Gasteiger partial charge in [0.1, 0.15) is 18.2 Å². The summed E-state index contributed by atoms with van der Waals surface area (Å²) >= 11 is 3.38. The summed E-state index contributed by atoms with van der Waals surface area (Å²) in [5, 5.41) is 5.38. The number of hydrogen-bond donors (Lipinski definition) is 2. The van der Waals surface area contributed by atoms with Gasteiger partial charge in [0.15, 0.2) is 0 Å². The highest BCUT2D eigenvalue weighted by Gasteiger charge is 2.02. The SMILES string of the molecule is O=C(NCCOc1ccccc1Br)NCc1ccc(F)cc1. The Kier molecular flexibility index (Phi) is 6.21. The molecule has 116 valence electrons. The molecule has 0 heterocycles. The number of ether oxygens (including phenoxy) is 1. The third-order valence-corrected chi connectivity index (χ3v) is 3.50. The second kappa shape index (κ2) is 8.38. The third kappa shape index (κ3) is 5.37. The van der Waals surface area contributed by atoms with Gasteiger partial charge in [-0.05, 0) is 45.8 Å². The van der Waals surface area contributed by atoms with Crippen molar-refractivity contribution in [2.24, 2.45) is 0 Å². The highest BCUT2D eigenvalue weighted by molar-refractivity contribution is 9.10. The lowest BCUT2D eigenvalue weighted by Crippen LogP contribution is -2.37. The number of carbonyl (C=O) groups excluding carboxylic acids is 1. The molecule has 0 unspecified atom stereocenters. The number of benzene rings is 2. The van der Waals surface area contributed by atoms with Crippen molar-refractivity contribution < 1.29 is 13.9 Å². The maximum absolute atomic E-state index is 12.7. The molecule has 22 heavy (non-hydrogen) atoms. The molecule has 0 aliphatic rings. The van der Waals surface area contributed by atoms with Crippen LogP contribution >= 0.6 is 15.9 Å². The van der Waals surface area contributed by atoms with Crippen LogP contribution in [0.15, 0.2) is 53.0 Å². The predicted octanol–water partition coefficient (Wildman–Crippen LogP) is 3.47. The standard InChI is InChI=1S/C16H16BrFN2O2/c17-14-3-1-2-4-15(14)22-10-9-19-16(21)20-11-12-5-7-13(18)8-6-12/h1-8H,9-11H2,(H2,19,20,21). The van der Waals surface area contributed by atoms with E-state index in [4.69, 9.17) is 4.74 Å². The van der Waals surface area contributed by atoms with E-state index < -0.39 is 0 Å². The zero-order chi connectivity index (χ0) is 15.8. The molecule has 0 atom stereocenters. The Labute approximate surface area is 136 Å². The number of amides is 2. The number of carbonyl (C=O) groups is 1. The van der Waals surface area contributed by atoms with Gasteiger partial charge < -0.3 is 15.4 Å². The fourth-order valence-corrected chi connectivity index (χ4v) is 2.13. The molecule has 0 saturated carbocycles. The quantitative estimate of drug-likeness (QED) is 0.769. The highest BCUT2D eigenvalue weighted by Crippen LogP contribution is 2.23. The fraction of sp³-hybridized carbons (Fsp3) is 0.188. The van der Waals surface area contributed by atoms with Crippen LogP contribution in [-0.4, -0.2) is 19.2 Å². The van der Waals surface area contributed by atoms with E-state index in [2.05, 4.69) is 26.6 Å². The molecule has 2 aromatic carbocycles. The van der Waals surface area contributed by atoms with E-state index in [-0.39, 0.29) is 11.8 Å². The first-order valence-electron chi connectivity index (χ1n) is 6.78. The first kappa shape index (κ1) is 16.3. The monoisotopic (exact) mass is 366 g/mol. The first-order chi connectivity index (χ1) is 10.6. The van der Waals surface area contributed by atoms with Crippen molar-refractivity contribution in [1.29, 1.82) is 0 Å². The van der Waals surface area contributed by atoms with Gasteiger partial charge in [0.25, 0.3) is 0 Å². The number of para-hydroxylation sites is 1. The van der Waals surface area contributed by atoms with Gasteiger partial charge in [-0.2, -0.15) is 0 Å². The summed E-state index contributed by atoms with van der Waals surface area (Å²) in [4.78, 5) is 11.6. The van der Waals surface area contributed by atoms with Gasteiger partial charge in [-0.3, -0.25) is 0 Å².